The summed E-state index contributed by atoms with van der Waals surface area (Å²) in [5.41, 5.74) is 0. The van der Waals surface area contributed by atoms with E-state index in [1.54, 1.807) is 7.05 Å². The van der Waals surface area contributed by atoms with Crippen LogP contribution in [-0.2, 0) is 19.1 Å². The molecule has 0 unspecified atom stereocenters. The Balaban J connectivity index is 0. The van der Waals surface area contributed by atoms with E-state index in [-0.39, 0.29) is 48.3 Å². The normalized spacial score (nSPS) is 11.0. The monoisotopic (exact) mass is 345 g/mol. The molecule has 0 amide bonds. The van der Waals surface area contributed by atoms with E-state index in [0.717, 1.165) is 12.8 Å². The van der Waals surface area contributed by atoms with Crippen molar-refractivity contribution in [3.63, 3.8) is 0 Å². The SMILES string of the molecule is CCCCCCCCCCCC(=O)OS(=O)(=O)CCNC.[NaH]. The quantitative estimate of drug-likeness (QED) is 0.297. The zero-order valence-electron chi connectivity index (χ0n) is 13.5. The van der Waals surface area contributed by atoms with Gasteiger partial charge in [-0.3, -0.25) is 4.79 Å². The molecule has 0 aromatic heterocycles. The summed E-state index contributed by atoms with van der Waals surface area (Å²) in [7, 11) is -2.06. The Kier molecular flexibility index (Phi) is 18.2. The Morgan fingerprint density at radius 3 is 1.95 bits per heavy atom. The molecule has 7 heteroatoms. The van der Waals surface area contributed by atoms with Crippen LogP contribution in [-0.4, -0.2) is 63.3 Å². The minimum atomic E-state index is -3.72. The van der Waals surface area contributed by atoms with Crippen LogP contribution < -0.4 is 5.32 Å². The molecule has 0 atom stereocenters. The number of hydrogen-bond acceptors (Lipinski definition) is 5. The summed E-state index contributed by atoms with van der Waals surface area (Å²) in [6.45, 7) is 2.49. The minimum absolute atomic E-state index is 0. The summed E-state index contributed by atoms with van der Waals surface area (Å²) in [5, 5.41) is 2.71. The third kappa shape index (κ3) is 16.7. The number of carbonyl (C=O) groups is 1. The van der Waals surface area contributed by atoms with Crippen LogP contribution in [0.3, 0.4) is 0 Å². The van der Waals surface area contributed by atoms with Gasteiger partial charge in [0, 0.05) is 13.0 Å². The van der Waals surface area contributed by atoms with Gasteiger partial charge in [-0.15, -0.1) is 0 Å². The molecule has 0 heterocycles. The third-order valence-electron chi connectivity index (χ3n) is 3.31. The molecule has 0 fully saturated rings. The number of carbonyl (C=O) groups excluding carboxylic acids is 1. The van der Waals surface area contributed by atoms with Gasteiger partial charge in [0.25, 0.3) is 0 Å². The predicted octanol–water partition coefficient (Wildman–Crippen LogP) is 2.35. The maximum absolute atomic E-state index is 11.4. The van der Waals surface area contributed by atoms with Gasteiger partial charge in [-0.1, -0.05) is 58.3 Å². The first-order valence-corrected chi connectivity index (χ1v) is 9.69. The Labute approximate surface area is 158 Å². The van der Waals surface area contributed by atoms with Crippen LogP contribution in [0.4, 0.5) is 0 Å². The molecule has 0 aromatic carbocycles. The van der Waals surface area contributed by atoms with Crippen LogP contribution >= 0.6 is 0 Å². The number of nitrogens with one attached hydrogen (secondary N) is 1. The van der Waals surface area contributed by atoms with Gasteiger partial charge in [-0.05, 0) is 13.5 Å². The molecule has 0 aromatic rings. The zero-order valence-corrected chi connectivity index (χ0v) is 14.3. The van der Waals surface area contributed by atoms with Gasteiger partial charge in [0.2, 0.25) is 0 Å². The molecule has 0 saturated carbocycles. The van der Waals surface area contributed by atoms with E-state index >= 15 is 0 Å². The van der Waals surface area contributed by atoms with Crippen molar-refractivity contribution in [3.8, 4) is 0 Å². The number of unbranched alkanes of at least 4 members (excludes halogenated alkanes) is 8. The first kappa shape index (κ1) is 24.6. The molecule has 0 aliphatic heterocycles. The maximum atomic E-state index is 11.4. The van der Waals surface area contributed by atoms with Gasteiger partial charge in [-0.2, -0.15) is 8.42 Å². The summed E-state index contributed by atoms with van der Waals surface area (Å²) in [6, 6.07) is 0. The first-order chi connectivity index (χ1) is 10.0. The van der Waals surface area contributed by atoms with Crippen molar-refractivity contribution in [3.05, 3.63) is 0 Å². The van der Waals surface area contributed by atoms with Crippen LogP contribution in [0.1, 0.15) is 71.1 Å². The van der Waals surface area contributed by atoms with E-state index in [2.05, 4.69) is 16.4 Å². The Bertz CT molecular complexity index is 361. The molecule has 0 radical (unpaired) electrons. The molecular weight excluding hydrogens is 313 g/mol. The predicted molar refractivity (Wildman–Crippen MR) is 92.8 cm³/mol. The van der Waals surface area contributed by atoms with E-state index in [1.807, 2.05) is 0 Å². The molecule has 0 saturated heterocycles. The van der Waals surface area contributed by atoms with Crippen LogP contribution in [0.2, 0.25) is 0 Å². The standard InChI is InChI=1S/C15H31NO4S.Na.H/c1-3-4-5-6-7-8-9-10-11-12-15(17)20-21(18,19)14-13-16-2;;/h16H,3-14H2,1-2H3;;. The average Bonchev–Trinajstić information content (AvgIpc) is 2.43. The second kappa shape index (κ2) is 16.2. The second-order valence-electron chi connectivity index (χ2n) is 5.40. The molecular formula is C15H32NNaO4S. The fraction of sp³-hybridized carbons (Fsp3) is 0.933. The molecule has 128 valence electrons. The summed E-state index contributed by atoms with van der Waals surface area (Å²) >= 11 is 0. The van der Waals surface area contributed by atoms with Gasteiger partial charge in [0.1, 0.15) is 0 Å². The van der Waals surface area contributed by atoms with Gasteiger partial charge in [0.05, 0.1) is 5.75 Å². The molecule has 0 aliphatic carbocycles. The second-order valence-corrected chi connectivity index (χ2v) is 7.09. The van der Waals surface area contributed by atoms with Crippen molar-refractivity contribution in [2.45, 2.75) is 71.1 Å². The molecule has 0 aliphatic rings. The fourth-order valence-electron chi connectivity index (χ4n) is 2.03. The van der Waals surface area contributed by atoms with Crippen LogP contribution in [0, 0.1) is 0 Å². The summed E-state index contributed by atoms with van der Waals surface area (Å²) in [5.74, 6) is -0.804. The van der Waals surface area contributed by atoms with E-state index in [0.29, 0.717) is 6.42 Å². The average molecular weight is 345 g/mol. The zero-order chi connectivity index (χ0) is 16.0. The molecule has 0 spiro atoms. The molecule has 22 heavy (non-hydrogen) atoms. The Morgan fingerprint density at radius 2 is 1.45 bits per heavy atom. The van der Waals surface area contributed by atoms with E-state index < -0.39 is 16.1 Å². The van der Waals surface area contributed by atoms with Gasteiger partial charge in [0.15, 0.2) is 0 Å². The van der Waals surface area contributed by atoms with Crippen LogP contribution in [0.5, 0.6) is 0 Å². The van der Waals surface area contributed by atoms with Crippen LogP contribution in [0.25, 0.3) is 0 Å². The van der Waals surface area contributed by atoms with E-state index in [4.69, 9.17) is 0 Å². The number of rotatable bonds is 14. The first-order valence-electron chi connectivity index (χ1n) is 8.11. The summed E-state index contributed by atoms with van der Waals surface area (Å²) < 4.78 is 27.3. The van der Waals surface area contributed by atoms with Crippen molar-refractivity contribution < 1.29 is 17.4 Å². The van der Waals surface area contributed by atoms with Crippen molar-refractivity contribution >= 4 is 45.6 Å². The van der Waals surface area contributed by atoms with Crippen molar-refractivity contribution in [2.75, 3.05) is 19.3 Å². The van der Waals surface area contributed by atoms with Crippen molar-refractivity contribution in [1.29, 1.82) is 0 Å². The number of hydrogen-bond donors (Lipinski definition) is 1. The van der Waals surface area contributed by atoms with Gasteiger partial charge < -0.3 is 9.50 Å². The van der Waals surface area contributed by atoms with Crippen LogP contribution in [0.15, 0.2) is 0 Å². The summed E-state index contributed by atoms with van der Waals surface area (Å²) in [6.07, 6.45) is 10.6. The Hall–Kier alpha value is 0.380. The molecule has 0 bridgehead atoms. The van der Waals surface area contributed by atoms with E-state index in [1.165, 1.54) is 38.5 Å². The van der Waals surface area contributed by atoms with Gasteiger partial charge in [-0.25, -0.2) is 0 Å². The fourth-order valence-corrected chi connectivity index (χ4v) is 2.94. The summed E-state index contributed by atoms with van der Waals surface area (Å²) in [4.78, 5) is 11.4. The topological polar surface area (TPSA) is 72.5 Å². The van der Waals surface area contributed by atoms with Crippen molar-refractivity contribution in [2.24, 2.45) is 0 Å². The molecule has 0 rings (SSSR count). The van der Waals surface area contributed by atoms with Crippen molar-refractivity contribution in [1.82, 2.24) is 5.32 Å². The van der Waals surface area contributed by atoms with Gasteiger partial charge >= 0.3 is 45.6 Å². The molecule has 1 N–H and O–H groups in total. The molecule has 5 nitrogen and oxygen atoms in total. The third-order valence-corrected chi connectivity index (χ3v) is 4.45. The Morgan fingerprint density at radius 1 is 0.955 bits per heavy atom. The van der Waals surface area contributed by atoms with E-state index in [9.17, 15) is 13.2 Å².